The lowest BCUT2D eigenvalue weighted by Gasteiger charge is -2.15. The molecule has 0 unspecified atom stereocenters. The third-order valence-electron chi connectivity index (χ3n) is 2.30. The Morgan fingerprint density at radius 3 is 2.10 bits per heavy atom. The largest absolute Gasteiger partial charge is 0.459 e. The summed E-state index contributed by atoms with van der Waals surface area (Å²) < 4.78 is 54.3. The maximum atomic E-state index is 12.7. The molecule has 0 spiro atoms. The van der Waals surface area contributed by atoms with Gasteiger partial charge < -0.3 is 10.1 Å². The molecule has 1 amide bonds. The molecule has 8 heteroatoms. The molecular formula is C13H13F4NO3. The van der Waals surface area contributed by atoms with Crippen LogP contribution in [0.25, 0.3) is 0 Å². The number of alkyl halides is 4. The molecule has 21 heavy (non-hydrogen) atoms. The Kier molecular flexibility index (Phi) is 5.28. The van der Waals surface area contributed by atoms with Crippen LogP contribution in [0.1, 0.15) is 24.2 Å². The van der Waals surface area contributed by atoms with Crippen molar-refractivity contribution in [3.63, 3.8) is 0 Å². The molecule has 0 fully saturated rings. The monoisotopic (exact) mass is 307 g/mol. The Hall–Kier alpha value is -2.12. The van der Waals surface area contributed by atoms with Gasteiger partial charge in [0.15, 0.2) is 0 Å². The third-order valence-corrected chi connectivity index (χ3v) is 2.30. The Morgan fingerprint density at radius 1 is 1.14 bits per heavy atom. The van der Waals surface area contributed by atoms with Crippen molar-refractivity contribution in [2.45, 2.75) is 32.3 Å². The van der Waals surface area contributed by atoms with Crippen LogP contribution in [-0.4, -0.2) is 30.3 Å². The molecular weight excluding hydrogens is 294 g/mol. The molecule has 1 aromatic carbocycles. The van der Waals surface area contributed by atoms with Gasteiger partial charge in [0.1, 0.15) is 0 Å². The Morgan fingerprint density at radius 2 is 1.67 bits per heavy atom. The number of hydrogen-bond acceptors (Lipinski definition) is 3. The fourth-order valence-electron chi connectivity index (χ4n) is 1.29. The number of carbonyl (C=O) groups excluding carboxylic acids is 2. The second-order valence-electron chi connectivity index (χ2n) is 4.41. The summed E-state index contributed by atoms with van der Waals surface area (Å²) in [6.07, 6.45) is -4.43. The number of halogens is 4. The maximum Gasteiger partial charge on any atom is 0.383 e. The van der Waals surface area contributed by atoms with Crippen LogP contribution in [0.5, 0.6) is 0 Å². The molecule has 1 N–H and O–H groups in total. The molecule has 0 aromatic heterocycles. The SMILES string of the molecule is CC(C)OC(=O)c1ccc(NC(=O)C(F)(F)C(F)F)cc1. The van der Waals surface area contributed by atoms with Gasteiger partial charge in [0.25, 0.3) is 0 Å². The molecule has 0 atom stereocenters. The van der Waals surface area contributed by atoms with Crippen molar-refractivity contribution in [1.82, 2.24) is 0 Å². The number of esters is 1. The van der Waals surface area contributed by atoms with Crippen LogP contribution in [-0.2, 0) is 9.53 Å². The predicted octanol–water partition coefficient (Wildman–Crippen LogP) is 3.09. The van der Waals surface area contributed by atoms with Gasteiger partial charge >= 0.3 is 24.2 Å². The molecule has 0 saturated heterocycles. The van der Waals surface area contributed by atoms with Crippen molar-refractivity contribution in [3.05, 3.63) is 29.8 Å². The highest BCUT2D eigenvalue weighted by molar-refractivity contribution is 5.97. The first-order valence-electron chi connectivity index (χ1n) is 5.93. The smallest absolute Gasteiger partial charge is 0.383 e. The number of hydrogen-bond donors (Lipinski definition) is 1. The average Bonchev–Trinajstić information content (AvgIpc) is 2.38. The summed E-state index contributed by atoms with van der Waals surface area (Å²) in [4.78, 5) is 22.5. The van der Waals surface area contributed by atoms with E-state index in [0.717, 1.165) is 12.1 Å². The number of amides is 1. The van der Waals surface area contributed by atoms with Gasteiger partial charge in [-0.15, -0.1) is 0 Å². The second kappa shape index (κ2) is 6.55. The normalized spacial score (nSPS) is 11.6. The van der Waals surface area contributed by atoms with E-state index in [-0.39, 0.29) is 17.4 Å². The summed E-state index contributed by atoms with van der Waals surface area (Å²) in [5.74, 6) is -7.52. The van der Waals surface area contributed by atoms with Crippen LogP contribution in [0.3, 0.4) is 0 Å². The molecule has 116 valence electrons. The fourth-order valence-corrected chi connectivity index (χ4v) is 1.29. The number of carbonyl (C=O) groups is 2. The van der Waals surface area contributed by atoms with Crippen LogP contribution in [0.2, 0.25) is 0 Å². The molecule has 0 aliphatic carbocycles. The average molecular weight is 307 g/mol. The van der Waals surface area contributed by atoms with Gasteiger partial charge in [-0.25, -0.2) is 13.6 Å². The summed E-state index contributed by atoms with van der Waals surface area (Å²) >= 11 is 0. The standard InChI is InChI=1S/C13H13F4NO3/c1-7(2)21-10(19)8-3-5-9(6-4-8)18-12(20)13(16,17)11(14)15/h3-7,11H,1-2H3,(H,18,20). The van der Waals surface area contributed by atoms with Crippen molar-refractivity contribution < 1.29 is 31.9 Å². The molecule has 1 rings (SSSR count). The summed E-state index contributed by atoms with van der Waals surface area (Å²) in [5, 5.41) is 1.65. The molecule has 0 heterocycles. The van der Waals surface area contributed by atoms with Crippen LogP contribution in [0.4, 0.5) is 23.2 Å². The maximum absolute atomic E-state index is 12.7. The summed E-state index contributed by atoms with van der Waals surface area (Å²) in [5.41, 5.74) is 0.00346. The minimum atomic E-state index is -4.78. The van der Waals surface area contributed by atoms with Crippen molar-refractivity contribution in [2.75, 3.05) is 5.32 Å². The summed E-state index contributed by atoms with van der Waals surface area (Å²) in [6.45, 7) is 3.30. The second-order valence-corrected chi connectivity index (χ2v) is 4.41. The van der Waals surface area contributed by atoms with E-state index >= 15 is 0 Å². The van der Waals surface area contributed by atoms with E-state index in [1.165, 1.54) is 12.1 Å². The lowest BCUT2D eigenvalue weighted by atomic mass is 10.2. The van der Waals surface area contributed by atoms with Crippen molar-refractivity contribution in [2.24, 2.45) is 0 Å². The first-order valence-corrected chi connectivity index (χ1v) is 5.93. The Bertz CT molecular complexity index is 515. The van der Waals surface area contributed by atoms with E-state index in [4.69, 9.17) is 4.74 Å². The van der Waals surface area contributed by atoms with E-state index in [2.05, 4.69) is 0 Å². The number of benzene rings is 1. The quantitative estimate of drug-likeness (QED) is 0.672. The van der Waals surface area contributed by atoms with Crippen molar-refractivity contribution in [3.8, 4) is 0 Å². The van der Waals surface area contributed by atoms with Gasteiger partial charge in [-0.3, -0.25) is 4.79 Å². The molecule has 0 aliphatic rings. The number of anilines is 1. The summed E-state index contributed by atoms with van der Waals surface area (Å²) in [6, 6.07) is 4.72. The topological polar surface area (TPSA) is 55.4 Å². The van der Waals surface area contributed by atoms with Crippen LogP contribution >= 0.6 is 0 Å². The van der Waals surface area contributed by atoms with Crippen LogP contribution < -0.4 is 5.32 Å². The molecule has 1 aromatic rings. The van der Waals surface area contributed by atoms with Gasteiger partial charge in [-0.05, 0) is 38.1 Å². The number of ether oxygens (including phenoxy) is 1. The Balaban J connectivity index is 2.76. The van der Waals surface area contributed by atoms with Crippen molar-refractivity contribution in [1.29, 1.82) is 0 Å². The molecule has 0 aliphatic heterocycles. The van der Waals surface area contributed by atoms with Crippen LogP contribution in [0.15, 0.2) is 24.3 Å². The third kappa shape index (κ3) is 4.44. The lowest BCUT2D eigenvalue weighted by Crippen LogP contribution is -2.40. The van der Waals surface area contributed by atoms with Gasteiger partial charge in [0, 0.05) is 5.69 Å². The van der Waals surface area contributed by atoms with E-state index in [1.807, 2.05) is 0 Å². The minimum absolute atomic E-state index is 0.138. The molecule has 0 saturated carbocycles. The zero-order valence-corrected chi connectivity index (χ0v) is 11.2. The van der Waals surface area contributed by atoms with E-state index in [0.29, 0.717) is 0 Å². The fraction of sp³-hybridized carbons (Fsp3) is 0.385. The van der Waals surface area contributed by atoms with Gasteiger partial charge in [-0.1, -0.05) is 0 Å². The molecule has 4 nitrogen and oxygen atoms in total. The molecule has 0 bridgehead atoms. The first-order chi connectivity index (χ1) is 9.64. The highest BCUT2D eigenvalue weighted by Crippen LogP contribution is 2.24. The zero-order valence-electron chi connectivity index (χ0n) is 11.2. The van der Waals surface area contributed by atoms with Gasteiger partial charge in [-0.2, -0.15) is 8.78 Å². The first kappa shape index (κ1) is 16.9. The molecule has 0 radical (unpaired) electrons. The van der Waals surface area contributed by atoms with Gasteiger partial charge in [0.2, 0.25) is 0 Å². The number of nitrogens with one attached hydrogen (secondary N) is 1. The van der Waals surface area contributed by atoms with Crippen LogP contribution in [0, 0.1) is 0 Å². The highest BCUT2D eigenvalue weighted by Gasteiger charge is 2.48. The predicted molar refractivity (Wildman–Crippen MR) is 66.6 cm³/mol. The van der Waals surface area contributed by atoms with E-state index < -0.39 is 24.2 Å². The lowest BCUT2D eigenvalue weighted by molar-refractivity contribution is -0.163. The highest BCUT2D eigenvalue weighted by atomic mass is 19.3. The van der Waals surface area contributed by atoms with Gasteiger partial charge in [0.05, 0.1) is 11.7 Å². The minimum Gasteiger partial charge on any atom is -0.459 e. The van der Waals surface area contributed by atoms with E-state index in [1.54, 1.807) is 19.2 Å². The Labute approximate surface area is 118 Å². The number of rotatable bonds is 5. The zero-order chi connectivity index (χ0) is 16.2. The van der Waals surface area contributed by atoms with Crippen molar-refractivity contribution >= 4 is 17.6 Å². The van der Waals surface area contributed by atoms with E-state index in [9.17, 15) is 27.2 Å². The summed E-state index contributed by atoms with van der Waals surface area (Å²) in [7, 11) is 0.